The van der Waals surface area contributed by atoms with Gasteiger partial charge >= 0.3 is 0 Å². The standard InChI is InChI=1S/C19H24N6O3/c1-23(2)18(27)16-13-11-28-19(10-15(13)24(3)22-16)5-8-25(9-6-19)17(26)14-4-7-20-12-21-14/h4,7,12H,5-6,8-11H2,1-3H3. The summed E-state index contributed by atoms with van der Waals surface area (Å²) in [6.45, 7) is 1.59. The molecule has 0 saturated carbocycles. The van der Waals surface area contributed by atoms with Gasteiger partial charge in [-0.3, -0.25) is 14.3 Å². The molecule has 0 radical (unpaired) electrons. The van der Waals surface area contributed by atoms with Crippen molar-refractivity contribution < 1.29 is 14.3 Å². The molecule has 0 atom stereocenters. The second kappa shape index (κ2) is 6.97. The molecule has 2 aliphatic rings. The van der Waals surface area contributed by atoms with E-state index in [1.54, 1.807) is 31.0 Å². The molecule has 2 aliphatic heterocycles. The van der Waals surface area contributed by atoms with Crippen molar-refractivity contribution in [1.29, 1.82) is 0 Å². The van der Waals surface area contributed by atoms with Crippen molar-refractivity contribution in [2.24, 2.45) is 7.05 Å². The van der Waals surface area contributed by atoms with Crippen LogP contribution in [0.5, 0.6) is 0 Å². The predicted octanol–water partition coefficient (Wildman–Crippen LogP) is 0.660. The molecular weight excluding hydrogens is 360 g/mol. The first-order valence-electron chi connectivity index (χ1n) is 9.36. The van der Waals surface area contributed by atoms with Gasteiger partial charge in [0.25, 0.3) is 11.8 Å². The van der Waals surface area contributed by atoms with Crippen LogP contribution in [0.3, 0.4) is 0 Å². The van der Waals surface area contributed by atoms with E-state index in [2.05, 4.69) is 15.1 Å². The minimum atomic E-state index is -0.318. The van der Waals surface area contributed by atoms with Crippen molar-refractivity contribution >= 4 is 11.8 Å². The van der Waals surface area contributed by atoms with E-state index < -0.39 is 0 Å². The molecule has 2 amide bonds. The highest BCUT2D eigenvalue weighted by atomic mass is 16.5. The monoisotopic (exact) mass is 384 g/mol. The number of hydrogen-bond acceptors (Lipinski definition) is 6. The van der Waals surface area contributed by atoms with E-state index in [-0.39, 0.29) is 17.4 Å². The van der Waals surface area contributed by atoms with Crippen LogP contribution in [0, 0.1) is 0 Å². The number of carbonyl (C=O) groups excluding carboxylic acids is 2. The summed E-state index contributed by atoms with van der Waals surface area (Å²) in [5.74, 6) is -0.185. The maximum Gasteiger partial charge on any atom is 0.274 e. The summed E-state index contributed by atoms with van der Waals surface area (Å²) in [4.78, 5) is 36.3. The highest BCUT2D eigenvalue weighted by molar-refractivity contribution is 5.94. The van der Waals surface area contributed by atoms with E-state index in [0.717, 1.165) is 24.1 Å². The Balaban J connectivity index is 1.48. The third-order valence-corrected chi connectivity index (χ3v) is 5.66. The first-order chi connectivity index (χ1) is 13.4. The average Bonchev–Trinajstić information content (AvgIpc) is 3.03. The lowest BCUT2D eigenvalue weighted by Gasteiger charge is -2.43. The molecule has 148 valence electrons. The van der Waals surface area contributed by atoms with Crippen LogP contribution < -0.4 is 0 Å². The third kappa shape index (κ3) is 3.15. The van der Waals surface area contributed by atoms with Crippen molar-refractivity contribution in [3.8, 4) is 0 Å². The molecule has 1 fully saturated rings. The number of likely N-dealkylation sites (tertiary alicyclic amines) is 1. The molecule has 4 rings (SSSR count). The Morgan fingerprint density at radius 2 is 2.00 bits per heavy atom. The molecule has 28 heavy (non-hydrogen) atoms. The summed E-state index contributed by atoms with van der Waals surface area (Å²) in [5, 5.41) is 4.44. The van der Waals surface area contributed by atoms with Crippen LogP contribution in [-0.2, 0) is 24.8 Å². The third-order valence-electron chi connectivity index (χ3n) is 5.66. The zero-order valence-corrected chi connectivity index (χ0v) is 16.4. The maximum absolute atomic E-state index is 12.6. The molecule has 0 N–H and O–H groups in total. The van der Waals surface area contributed by atoms with E-state index in [0.29, 0.717) is 37.5 Å². The molecule has 1 saturated heterocycles. The predicted molar refractivity (Wildman–Crippen MR) is 99.6 cm³/mol. The highest BCUT2D eigenvalue weighted by Gasteiger charge is 2.42. The van der Waals surface area contributed by atoms with Gasteiger partial charge in [-0.05, 0) is 18.9 Å². The Kier molecular flexibility index (Phi) is 4.62. The van der Waals surface area contributed by atoms with Gasteiger partial charge in [0, 0.05) is 58.1 Å². The van der Waals surface area contributed by atoms with Crippen LogP contribution in [0.15, 0.2) is 18.6 Å². The fourth-order valence-corrected chi connectivity index (χ4v) is 3.96. The first-order valence-corrected chi connectivity index (χ1v) is 9.36. The van der Waals surface area contributed by atoms with Crippen molar-refractivity contribution in [3.63, 3.8) is 0 Å². The van der Waals surface area contributed by atoms with Gasteiger partial charge in [0.1, 0.15) is 12.0 Å². The molecular formula is C19H24N6O3. The van der Waals surface area contributed by atoms with Crippen LogP contribution in [0.25, 0.3) is 0 Å². The topological polar surface area (TPSA) is 93.5 Å². The zero-order chi connectivity index (χ0) is 19.9. The van der Waals surface area contributed by atoms with Crippen molar-refractivity contribution in [3.05, 3.63) is 41.2 Å². The number of ether oxygens (including phenoxy) is 1. The fourth-order valence-electron chi connectivity index (χ4n) is 3.96. The molecule has 2 aromatic heterocycles. The van der Waals surface area contributed by atoms with Gasteiger partial charge in [0.05, 0.1) is 12.2 Å². The van der Waals surface area contributed by atoms with E-state index in [1.807, 2.05) is 11.9 Å². The summed E-state index contributed by atoms with van der Waals surface area (Å²) in [7, 11) is 5.32. The fraction of sp³-hybridized carbons (Fsp3) is 0.526. The summed E-state index contributed by atoms with van der Waals surface area (Å²) >= 11 is 0. The minimum absolute atomic E-state index is 0.0758. The molecule has 9 nitrogen and oxygen atoms in total. The Labute approximate surface area is 163 Å². The van der Waals surface area contributed by atoms with Gasteiger partial charge in [-0.2, -0.15) is 5.10 Å². The Morgan fingerprint density at radius 1 is 1.25 bits per heavy atom. The largest absolute Gasteiger partial charge is 0.370 e. The number of nitrogens with zero attached hydrogens (tertiary/aromatic N) is 6. The lowest BCUT2D eigenvalue weighted by Crippen LogP contribution is -2.50. The van der Waals surface area contributed by atoms with E-state index in [1.165, 1.54) is 11.2 Å². The van der Waals surface area contributed by atoms with Gasteiger partial charge in [0.2, 0.25) is 0 Å². The average molecular weight is 384 g/mol. The normalized spacial score (nSPS) is 18.0. The zero-order valence-electron chi connectivity index (χ0n) is 16.4. The second-order valence-corrected chi connectivity index (χ2v) is 7.63. The van der Waals surface area contributed by atoms with Crippen LogP contribution in [0.1, 0.15) is 45.1 Å². The van der Waals surface area contributed by atoms with Gasteiger partial charge in [-0.1, -0.05) is 0 Å². The quantitative estimate of drug-likeness (QED) is 0.755. The number of amides is 2. The van der Waals surface area contributed by atoms with Crippen LogP contribution >= 0.6 is 0 Å². The van der Waals surface area contributed by atoms with E-state index in [9.17, 15) is 9.59 Å². The Morgan fingerprint density at radius 3 is 2.64 bits per heavy atom. The van der Waals surface area contributed by atoms with Gasteiger partial charge in [0.15, 0.2) is 5.69 Å². The second-order valence-electron chi connectivity index (χ2n) is 7.63. The highest BCUT2D eigenvalue weighted by Crippen LogP contribution is 2.37. The first kappa shape index (κ1) is 18.5. The number of piperidine rings is 1. The van der Waals surface area contributed by atoms with E-state index >= 15 is 0 Å². The lowest BCUT2D eigenvalue weighted by molar-refractivity contribution is -0.0990. The maximum atomic E-state index is 12.6. The number of aryl methyl sites for hydroxylation is 1. The summed E-state index contributed by atoms with van der Waals surface area (Å²) < 4.78 is 8.06. The van der Waals surface area contributed by atoms with Crippen molar-refractivity contribution in [2.45, 2.75) is 31.5 Å². The minimum Gasteiger partial charge on any atom is -0.370 e. The molecule has 0 aliphatic carbocycles. The van der Waals surface area contributed by atoms with Crippen LogP contribution in [-0.4, -0.2) is 74.1 Å². The number of hydrogen-bond donors (Lipinski definition) is 0. The summed E-state index contributed by atoms with van der Waals surface area (Å²) in [6, 6.07) is 1.63. The molecule has 0 bridgehead atoms. The van der Waals surface area contributed by atoms with Gasteiger partial charge < -0.3 is 14.5 Å². The van der Waals surface area contributed by atoms with Crippen molar-refractivity contribution in [2.75, 3.05) is 27.2 Å². The molecule has 9 heteroatoms. The molecule has 0 unspecified atom stereocenters. The molecule has 2 aromatic rings. The molecule has 0 aromatic carbocycles. The SMILES string of the molecule is CN(C)C(=O)c1nn(C)c2c1COC1(CCN(C(=O)c3ccncn3)CC1)C2. The summed E-state index contributed by atoms with van der Waals surface area (Å²) in [5.41, 5.74) is 2.49. The van der Waals surface area contributed by atoms with E-state index in [4.69, 9.17) is 4.74 Å². The number of aromatic nitrogens is 4. The Hall–Kier alpha value is -2.81. The smallest absolute Gasteiger partial charge is 0.274 e. The van der Waals surface area contributed by atoms with Gasteiger partial charge in [-0.25, -0.2) is 9.97 Å². The number of rotatable bonds is 2. The summed E-state index contributed by atoms with van der Waals surface area (Å²) in [6.07, 6.45) is 5.14. The van der Waals surface area contributed by atoms with Gasteiger partial charge in [-0.15, -0.1) is 0 Å². The molecule has 4 heterocycles. The van der Waals surface area contributed by atoms with Crippen molar-refractivity contribution in [1.82, 2.24) is 29.5 Å². The Bertz CT molecular complexity index is 900. The molecule has 1 spiro atoms. The van der Waals surface area contributed by atoms with Crippen LogP contribution in [0.2, 0.25) is 0 Å². The number of fused-ring (bicyclic) bond motifs is 1. The van der Waals surface area contributed by atoms with Crippen LogP contribution in [0.4, 0.5) is 0 Å². The lowest BCUT2D eigenvalue weighted by atomic mass is 9.83. The number of carbonyl (C=O) groups is 2.